The first-order valence-corrected chi connectivity index (χ1v) is 8.54. The highest BCUT2D eigenvalue weighted by Crippen LogP contribution is 2.26. The smallest absolute Gasteiger partial charge is 0.337 e. The topological polar surface area (TPSA) is 140 Å². The van der Waals surface area contributed by atoms with E-state index in [0.29, 0.717) is 0 Å². The maximum atomic E-state index is 14.1. The predicted molar refractivity (Wildman–Crippen MR) is 92.1 cm³/mol. The van der Waals surface area contributed by atoms with E-state index < -0.39 is 48.4 Å². The van der Waals surface area contributed by atoms with E-state index in [9.17, 15) is 24.5 Å². The summed E-state index contributed by atoms with van der Waals surface area (Å²) in [6, 6.07) is 8.89. The molecule has 0 amide bonds. The Balaban J connectivity index is 1.73. The summed E-state index contributed by atoms with van der Waals surface area (Å²) in [6.07, 6.45) is -7.95. The van der Waals surface area contributed by atoms with Crippen molar-refractivity contribution in [1.29, 1.82) is 0 Å². The molecule has 2 heterocycles. The fraction of sp³-hybridized carbons (Fsp3) is 0.389. The van der Waals surface area contributed by atoms with Crippen LogP contribution in [0, 0.1) is 5.82 Å². The van der Waals surface area contributed by atoms with Crippen LogP contribution in [0.3, 0.4) is 0 Å². The van der Waals surface area contributed by atoms with Gasteiger partial charge in [0.25, 0.3) is 5.88 Å². The second-order valence-corrected chi connectivity index (χ2v) is 6.12. The predicted octanol–water partition coefficient (Wildman–Crippen LogP) is -0.446. The summed E-state index contributed by atoms with van der Waals surface area (Å²) >= 11 is 0. The SMILES string of the molecule is COC(=O)[C@H]1O[C@@H](Oc2nc(OCc3ccccc3)ncc2F)[C@H](O)[C@@H](O)[C@H]1O. The molecule has 1 aromatic carbocycles. The van der Waals surface area contributed by atoms with Crippen LogP contribution in [-0.4, -0.2) is 69.1 Å². The van der Waals surface area contributed by atoms with E-state index in [4.69, 9.17) is 14.2 Å². The van der Waals surface area contributed by atoms with Crippen LogP contribution in [0.15, 0.2) is 36.5 Å². The highest BCUT2D eigenvalue weighted by atomic mass is 19.1. The van der Waals surface area contributed by atoms with Gasteiger partial charge >= 0.3 is 12.0 Å². The first-order chi connectivity index (χ1) is 13.9. The number of aliphatic hydroxyl groups is 3. The molecule has 0 saturated carbocycles. The summed E-state index contributed by atoms with van der Waals surface area (Å²) < 4.78 is 34.2. The number of carbonyl (C=O) groups excluding carboxylic acids is 1. The fourth-order valence-corrected chi connectivity index (χ4v) is 2.58. The van der Waals surface area contributed by atoms with Crippen molar-refractivity contribution in [3.05, 3.63) is 47.9 Å². The van der Waals surface area contributed by atoms with Gasteiger partial charge in [-0.05, 0) is 5.56 Å². The van der Waals surface area contributed by atoms with Crippen molar-refractivity contribution in [2.45, 2.75) is 37.3 Å². The number of methoxy groups -OCH3 is 1. The molecule has 11 heteroatoms. The molecule has 0 unspecified atom stereocenters. The second kappa shape index (κ2) is 9.09. The average molecular weight is 410 g/mol. The molecule has 1 fully saturated rings. The van der Waals surface area contributed by atoms with Gasteiger partial charge in [-0.15, -0.1) is 0 Å². The Hall–Kier alpha value is -2.86. The van der Waals surface area contributed by atoms with Gasteiger partial charge < -0.3 is 34.3 Å². The molecule has 1 aliphatic rings. The van der Waals surface area contributed by atoms with Crippen LogP contribution in [0.4, 0.5) is 4.39 Å². The summed E-state index contributed by atoms with van der Waals surface area (Å²) in [7, 11) is 1.05. The summed E-state index contributed by atoms with van der Waals surface area (Å²) in [4.78, 5) is 19.2. The third-order valence-electron chi connectivity index (χ3n) is 4.13. The van der Waals surface area contributed by atoms with Crippen LogP contribution < -0.4 is 9.47 Å². The van der Waals surface area contributed by atoms with Gasteiger partial charge in [0.2, 0.25) is 12.1 Å². The van der Waals surface area contributed by atoms with Gasteiger partial charge in [-0.3, -0.25) is 0 Å². The maximum Gasteiger partial charge on any atom is 0.337 e. The Labute approximate surface area is 164 Å². The van der Waals surface area contributed by atoms with Crippen molar-refractivity contribution in [1.82, 2.24) is 9.97 Å². The molecule has 29 heavy (non-hydrogen) atoms. The van der Waals surface area contributed by atoms with Gasteiger partial charge in [0.15, 0.2) is 6.10 Å². The van der Waals surface area contributed by atoms with Gasteiger partial charge in [0.05, 0.1) is 13.3 Å². The molecule has 10 nitrogen and oxygen atoms in total. The van der Waals surface area contributed by atoms with Crippen molar-refractivity contribution in [3.8, 4) is 11.9 Å². The zero-order valence-corrected chi connectivity index (χ0v) is 15.2. The number of carbonyl (C=O) groups is 1. The number of hydrogen-bond donors (Lipinski definition) is 3. The number of rotatable bonds is 6. The Kier molecular flexibility index (Phi) is 6.54. The minimum absolute atomic E-state index is 0.115. The lowest BCUT2D eigenvalue weighted by Crippen LogP contribution is -2.61. The van der Waals surface area contributed by atoms with Gasteiger partial charge in [0.1, 0.15) is 24.9 Å². The molecule has 1 aromatic heterocycles. The van der Waals surface area contributed by atoms with Gasteiger partial charge in [-0.25, -0.2) is 9.78 Å². The summed E-state index contributed by atoms with van der Waals surface area (Å²) in [5.41, 5.74) is 0.826. The van der Waals surface area contributed by atoms with E-state index in [-0.39, 0.29) is 12.6 Å². The molecule has 2 aromatic rings. The molecule has 1 aliphatic heterocycles. The van der Waals surface area contributed by atoms with Crippen molar-refractivity contribution >= 4 is 5.97 Å². The van der Waals surface area contributed by atoms with Crippen LogP contribution in [0.5, 0.6) is 11.9 Å². The number of esters is 1. The van der Waals surface area contributed by atoms with Gasteiger partial charge in [0, 0.05) is 0 Å². The Bertz CT molecular complexity index is 840. The van der Waals surface area contributed by atoms with Crippen molar-refractivity contribution in [3.63, 3.8) is 0 Å². The monoisotopic (exact) mass is 410 g/mol. The number of nitrogens with zero attached hydrogens (tertiary/aromatic N) is 2. The van der Waals surface area contributed by atoms with Gasteiger partial charge in [-0.1, -0.05) is 30.3 Å². The standard InChI is InChI=1S/C18H19FN2O8/c1-26-16(25)14-12(23)11(22)13(24)17(28-14)29-15-10(19)7-20-18(21-15)27-8-9-5-3-2-4-6-9/h2-7,11-14,17,22-24H,8H2,1H3/t11-,12+,13+,14-,17-/m0/s1. The van der Waals surface area contributed by atoms with Crippen molar-refractivity contribution in [2.75, 3.05) is 7.11 Å². The lowest BCUT2D eigenvalue weighted by atomic mass is 9.99. The highest BCUT2D eigenvalue weighted by Gasteiger charge is 2.48. The van der Waals surface area contributed by atoms with E-state index in [1.165, 1.54) is 0 Å². The third kappa shape index (κ3) is 4.77. The normalized spacial score (nSPS) is 26.6. The highest BCUT2D eigenvalue weighted by molar-refractivity contribution is 5.75. The van der Waals surface area contributed by atoms with Crippen molar-refractivity contribution in [2.24, 2.45) is 0 Å². The van der Waals surface area contributed by atoms with Gasteiger partial charge in [-0.2, -0.15) is 9.37 Å². The van der Waals surface area contributed by atoms with E-state index >= 15 is 0 Å². The molecule has 0 spiro atoms. The molecule has 1 saturated heterocycles. The van der Waals surface area contributed by atoms with Crippen LogP contribution in [-0.2, 0) is 20.9 Å². The van der Waals surface area contributed by atoms with Crippen LogP contribution in [0.2, 0.25) is 0 Å². The van der Waals surface area contributed by atoms with E-state index in [2.05, 4.69) is 14.7 Å². The van der Waals surface area contributed by atoms with E-state index in [1.54, 1.807) is 0 Å². The number of aromatic nitrogens is 2. The first kappa shape index (κ1) is 20.9. The van der Waals surface area contributed by atoms with Crippen LogP contribution in [0.25, 0.3) is 0 Å². The number of halogens is 1. The summed E-state index contributed by atoms with van der Waals surface area (Å²) in [5, 5.41) is 29.8. The molecule has 156 valence electrons. The van der Waals surface area contributed by atoms with Crippen LogP contribution >= 0.6 is 0 Å². The maximum absolute atomic E-state index is 14.1. The van der Waals surface area contributed by atoms with Crippen molar-refractivity contribution < 1.29 is 43.5 Å². The number of aliphatic hydroxyl groups excluding tert-OH is 3. The number of hydrogen-bond acceptors (Lipinski definition) is 10. The quantitative estimate of drug-likeness (QED) is 0.537. The molecule has 0 aliphatic carbocycles. The third-order valence-corrected chi connectivity index (χ3v) is 4.13. The number of ether oxygens (including phenoxy) is 4. The Morgan fingerprint density at radius 1 is 1.17 bits per heavy atom. The molecule has 3 N–H and O–H groups in total. The second-order valence-electron chi connectivity index (χ2n) is 6.12. The molecule has 0 radical (unpaired) electrons. The van der Waals surface area contributed by atoms with Crippen LogP contribution in [0.1, 0.15) is 5.56 Å². The van der Waals surface area contributed by atoms with E-state index in [0.717, 1.165) is 18.9 Å². The zero-order chi connectivity index (χ0) is 21.0. The average Bonchev–Trinajstić information content (AvgIpc) is 2.74. The first-order valence-electron chi connectivity index (χ1n) is 8.54. The minimum atomic E-state index is -1.81. The van der Waals surface area contributed by atoms with E-state index in [1.807, 2.05) is 30.3 Å². The minimum Gasteiger partial charge on any atom is -0.467 e. The number of benzene rings is 1. The fourth-order valence-electron chi connectivity index (χ4n) is 2.58. The molecule has 5 atom stereocenters. The Morgan fingerprint density at radius 3 is 2.59 bits per heavy atom. The molecular formula is C18H19FN2O8. The lowest BCUT2D eigenvalue weighted by molar-refractivity contribution is -0.272. The molecule has 3 rings (SSSR count). The summed E-state index contributed by atoms with van der Waals surface area (Å²) in [5.74, 6) is -2.64. The Morgan fingerprint density at radius 2 is 1.90 bits per heavy atom. The lowest BCUT2D eigenvalue weighted by Gasteiger charge is -2.38. The molecule has 0 bridgehead atoms. The largest absolute Gasteiger partial charge is 0.467 e. The summed E-state index contributed by atoms with van der Waals surface area (Å²) in [6.45, 7) is 0.115. The zero-order valence-electron chi connectivity index (χ0n) is 15.2. The molecular weight excluding hydrogens is 391 g/mol.